The number of hydrogen-bond donors (Lipinski definition) is 2. The van der Waals surface area contributed by atoms with Crippen molar-refractivity contribution < 1.29 is 19.1 Å². The van der Waals surface area contributed by atoms with Crippen molar-refractivity contribution in [2.75, 3.05) is 38.2 Å². The van der Waals surface area contributed by atoms with E-state index >= 15 is 0 Å². The van der Waals surface area contributed by atoms with Crippen LogP contribution in [0.3, 0.4) is 0 Å². The molecule has 2 aromatic heterocycles. The van der Waals surface area contributed by atoms with E-state index in [-0.39, 0.29) is 11.9 Å². The second-order valence-electron chi connectivity index (χ2n) is 10.1. The highest BCUT2D eigenvalue weighted by atomic mass is 32.1. The van der Waals surface area contributed by atoms with E-state index in [1.807, 2.05) is 49.9 Å². The van der Waals surface area contributed by atoms with Gasteiger partial charge in [0, 0.05) is 35.8 Å². The maximum Gasteiger partial charge on any atom is 0.412 e. The lowest BCUT2D eigenvalue weighted by Gasteiger charge is -2.32. The molecule has 1 aromatic carbocycles. The van der Waals surface area contributed by atoms with Crippen molar-refractivity contribution in [3.05, 3.63) is 47.6 Å². The fourth-order valence-electron chi connectivity index (χ4n) is 4.43. The zero-order chi connectivity index (χ0) is 26.0. The number of ether oxygens (including phenoxy) is 2. The van der Waals surface area contributed by atoms with Crippen LogP contribution in [0.2, 0.25) is 0 Å². The van der Waals surface area contributed by atoms with Crippen molar-refractivity contribution in [2.24, 2.45) is 0 Å². The van der Waals surface area contributed by atoms with Gasteiger partial charge in [-0.3, -0.25) is 10.1 Å². The zero-order valence-corrected chi connectivity index (χ0v) is 22.1. The molecule has 1 fully saturated rings. The number of nitrogens with zero attached hydrogens (tertiary/aromatic N) is 3. The molecule has 1 unspecified atom stereocenters. The number of fused-ring (bicyclic) bond motifs is 1. The van der Waals surface area contributed by atoms with Gasteiger partial charge in [0.05, 0.1) is 35.2 Å². The highest BCUT2D eigenvalue weighted by molar-refractivity contribution is 7.20. The van der Waals surface area contributed by atoms with Crippen LogP contribution in [0.4, 0.5) is 10.5 Å². The molecule has 2 aliphatic rings. The Balaban J connectivity index is 1.33. The van der Waals surface area contributed by atoms with Gasteiger partial charge in [0.1, 0.15) is 11.9 Å². The third kappa shape index (κ3) is 5.98. The molecule has 4 heterocycles. The molecule has 10 heteroatoms. The largest absolute Gasteiger partial charge is 0.444 e. The maximum absolute atomic E-state index is 13.0. The van der Waals surface area contributed by atoms with E-state index in [4.69, 9.17) is 9.47 Å². The zero-order valence-electron chi connectivity index (χ0n) is 21.2. The van der Waals surface area contributed by atoms with Gasteiger partial charge in [-0.15, -0.1) is 11.3 Å². The molecule has 194 valence electrons. The number of carbonyl (C=O) groups excluding carboxylic acids is 2. The third-order valence-corrected chi connectivity index (χ3v) is 7.40. The van der Waals surface area contributed by atoms with E-state index in [9.17, 15) is 9.59 Å². The minimum absolute atomic E-state index is 0.135. The number of thiophene rings is 1. The number of rotatable bonds is 4. The van der Waals surface area contributed by atoms with Crippen molar-refractivity contribution in [1.82, 2.24) is 20.2 Å². The van der Waals surface area contributed by atoms with Crippen molar-refractivity contribution >= 4 is 44.8 Å². The monoisotopic (exact) mass is 521 g/mol. The number of amides is 2. The molecule has 1 atom stereocenters. The minimum atomic E-state index is -0.562. The molecule has 2 N–H and O–H groups in total. The summed E-state index contributed by atoms with van der Waals surface area (Å²) in [6, 6.07) is 9.36. The summed E-state index contributed by atoms with van der Waals surface area (Å²) in [4.78, 5) is 37.2. The molecule has 5 rings (SSSR count). The Kier molecular flexibility index (Phi) is 7.23. The fraction of sp³-hybridized carbons (Fsp3) is 0.407. The Labute approximate surface area is 219 Å². The summed E-state index contributed by atoms with van der Waals surface area (Å²) in [6.45, 7) is 8.60. The maximum atomic E-state index is 13.0. The molecular weight excluding hydrogens is 490 g/mol. The number of hydrogen-bond acceptors (Lipinski definition) is 8. The van der Waals surface area contributed by atoms with E-state index in [2.05, 4.69) is 32.7 Å². The summed E-state index contributed by atoms with van der Waals surface area (Å²) < 4.78 is 11.7. The van der Waals surface area contributed by atoms with Gasteiger partial charge >= 0.3 is 6.09 Å². The average Bonchev–Trinajstić information content (AvgIpc) is 3.33. The predicted octanol–water partition coefficient (Wildman–Crippen LogP) is 4.31. The Hall–Kier alpha value is -3.34. The van der Waals surface area contributed by atoms with Gasteiger partial charge in [-0.2, -0.15) is 0 Å². The van der Waals surface area contributed by atoms with Crippen molar-refractivity contribution in [3.63, 3.8) is 0 Å². The summed E-state index contributed by atoms with van der Waals surface area (Å²) >= 11 is 1.64. The van der Waals surface area contributed by atoms with Crippen LogP contribution in [0.1, 0.15) is 32.1 Å². The summed E-state index contributed by atoms with van der Waals surface area (Å²) in [5.74, 6) is 0.135. The van der Waals surface area contributed by atoms with E-state index in [1.54, 1.807) is 17.7 Å². The molecule has 0 aliphatic carbocycles. The number of aromatic nitrogens is 2. The molecule has 0 spiro atoms. The lowest BCUT2D eigenvalue weighted by atomic mass is 9.99. The Morgan fingerprint density at radius 2 is 1.92 bits per heavy atom. The van der Waals surface area contributed by atoms with E-state index in [0.29, 0.717) is 45.0 Å². The van der Waals surface area contributed by atoms with Gasteiger partial charge in [-0.05, 0) is 51.0 Å². The second-order valence-corrected chi connectivity index (χ2v) is 11.1. The van der Waals surface area contributed by atoms with Crippen LogP contribution in [0.5, 0.6) is 0 Å². The Morgan fingerprint density at radius 1 is 1.16 bits per heavy atom. The topological polar surface area (TPSA) is 106 Å². The van der Waals surface area contributed by atoms with Crippen LogP contribution in [0.15, 0.2) is 42.7 Å². The number of benzene rings is 1. The molecule has 0 bridgehead atoms. The number of carbonyl (C=O) groups is 2. The predicted molar refractivity (Wildman–Crippen MR) is 144 cm³/mol. The van der Waals surface area contributed by atoms with Gasteiger partial charge in [-0.25, -0.2) is 14.8 Å². The summed E-state index contributed by atoms with van der Waals surface area (Å²) in [5.41, 5.74) is 3.86. The molecule has 3 aromatic rings. The van der Waals surface area contributed by atoms with Crippen LogP contribution < -0.4 is 10.6 Å². The molecule has 37 heavy (non-hydrogen) atoms. The van der Waals surface area contributed by atoms with Crippen LogP contribution in [0, 0.1) is 0 Å². The first-order chi connectivity index (χ1) is 17.8. The first-order valence-electron chi connectivity index (χ1n) is 12.4. The van der Waals surface area contributed by atoms with Crippen molar-refractivity contribution in [3.8, 4) is 11.3 Å². The molecule has 9 nitrogen and oxygen atoms in total. The minimum Gasteiger partial charge on any atom is -0.444 e. The molecule has 2 amide bonds. The van der Waals surface area contributed by atoms with Crippen LogP contribution in [0.25, 0.3) is 27.0 Å². The molecule has 0 radical (unpaired) electrons. The van der Waals surface area contributed by atoms with Crippen molar-refractivity contribution in [1.29, 1.82) is 0 Å². The lowest BCUT2D eigenvalue weighted by molar-refractivity contribution is -0.137. The SMILES string of the molecule is CC(C)(C)OC(=O)Nc1ccc(-c2ncnc3cc(C4=CCNC(C(=O)N5CCOCC5)C4)sc23)cc1. The van der Waals surface area contributed by atoms with Gasteiger partial charge in [0.2, 0.25) is 5.91 Å². The van der Waals surface area contributed by atoms with Gasteiger partial charge < -0.3 is 19.7 Å². The molecule has 2 aliphatic heterocycles. The Bertz CT molecular complexity index is 1320. The number of morpholine rings is 1. The summed E-state index contributed by atoms with van der Waals surface area (Å²) in [7, 11) is 0. The summed E-state index contributed by atoms with van der Waals surface area (Å²) in [5, 5.41) is 6.10. The second kappa shape index (κ2) is 10.6. The highest BCUT2D eigenvalue weighted by Crippen LogP contribution is 2.37. The van der Waals surface area contributed by atoms with E-state index in [1.165, 1.54) is 0 Å². The van der Waals surface area contributed by atoms with Crippen molar-refractivity contribution in [2.45, 2.75) is 38.8 Å². The Morgan fingerprint density at radius 3 is 2.65 bits per heavy atom. The number of anilines is 1. The first kappa shape index (κ1) is 25.3. The van der Waals surface area contributed by atoms with Gasteiger partial charge in [-0.1, -0.05) is 18.2 Å². The van der Waals surface area contributed by atoms with Crippen LogP contribution in [-0.4, -0.2) is 71.4 Å². The van der Waals surface area contributed by atoms with E-state index < -0.39 is 11.7 Å². The third-order valence-electron chi connectivity index (χ3n) is 6.19. The summed E-state index contributed by atoms with van der Waals surface area (Å²) in [6.07, 6.45) is 3.87. The quantitative estimate of drug-likeness (QED) is 0.527. The van der Waals surface area contributed by atoms with Crippen LogP contribution in [-0.2, 0) is 14.3 Å². The first-order valence-corrected chi connectivity index (χ1v) is 13.2. The normalized spacial score (nSPS) is 18.4. The smallest absolute Gasteiger partial charge is 0.412 e. The molecule has 1 saturated heterocycles. The molecule has 0 saturated carbocycles. The van der Waals surface area contributed by atoms with Crippen LogP contribution >= 0.6 is 11.3 Å². The highest BCUT2D eigenvalue weighted by Gasteiger charge is 2.29. The van der Waals surface area contributed by atoms with Gasteiger partial charge in [0.25, 0.3) is 0 Å². The lowest BCUT2D eigenvalue weighted by Crippen LogP contribution is -2.51. The number of nitrogens with one attached hydrogen (secondary N) is 2. The molecular formula is C27H31N5O4S. The average molecular weight is 522 g/mol. The van der Waals surface area contributed by atoms with E-state index in [0.717, 1.165) is 31.9 Å². The fourth-order valence-corrected chi connectivity index (χ4v) is 5.60. The standard InChI is InChI=1S/C27H31N5O4S/c1-27(2,3)36-26(34)31-19-6-4-17(5-7-19)23-24-20(29-16-30-23)15-22(37-24)18-8-9-28-21(14-18)25(33)32-10-12-35-13-11-32/h4-8,15-16,21,28H,9-14H2,1-3H3,(H,31,34). The van der Waals surface area contributed by atoms with Gasteiger partial charge in [0.15, 0.2) is 0 Å².